The standard InChI is InChI=1S/C18H16FN3O3/c1-2-15(24-14-10-8-13(19)9-11-14)16(23)20-18-21-17(25-22-18)12-6-4-3-5-7-12/h3-11,15H,2H2,1H3,(H,20,22,23). The number of benzene rings is 2. The van der Waals surface area contributed by atoms with E-state index in [9.17, 15) is 9.18 Å². The fraction of sp³-hybridized carbons (Fsp3) is 0.167. The number of anilines is 1. The first-order valence-corrected chi connectivity index (χ1v) is 7.78. The van der Waals surface area contributed by atoms with Gasteiger partial charge in [0.25, 0.3) is 17.7 Å². The highest BCUT2D eigenvalue weighted by molar-refractivity contribution is 5.92. The third kappa shape index (κ3) is 4.20. The van der Waals surface area contributed by atoms with Gasteiger partial charge in [0.2, 0.25) is 0 Å². The zero-order chi connectivity index (χ0) is 17.6. The molecule has 1 N–H and O–H groups in total. The van der Waals surface area contributed by atoms with Crippen molar-refractivity contribution in [2.45, 2.75) is 19.4 Å². The lowest BCUT2D eigenvalue weighted by atomic mass is 10.2. The first-order valence-electron chi connectivity index (χ1n) is 7.78. The Balaban J connectivity index is 1.66. The molecule has 0 aliphatic heterocycles. The molecule has 25 heavy (non-hydrogen) atoms. The number of carbonyl (C=O) groups excluding carboxylic acids is 1. The summed E-state index contributed by atoms with van der Waals surface area (Å²) in [4.78, 5) is 16.5. The lowest BCUT2D eigenvalue weighted by Gasteiger charge is -2.15. The predicted molar refractivity (Wildman–Crippen MR) is 89.5 cm³/mol. The van der Waals surface area contributed by atoms with E-state index < -0.39 is 12.0 Å². The van der Waals surface area contributed by atoms with Crippen LogP contribution in [0, 0.1) is 5.82 Å². The summed E-state index contributed by atoms with van der Waals surface area (Å²) in [6.45, 7) is 1.80. The van der Waals surface area contributed by atoms with E-state index in [1.807, 2.05) is 30.3 Å². The highest BCUT2D eigenvalue weighted by Gasteiger charge is 2.21. The van der Waals surface area contributed by atoms with Crippen LogP contribution in [-0.4, -0.2) is 22.2 Å². The highest BCUT2D eigenvalue weighted by Crippen LogP contribution is 2.19. The summed E-state index contributed by atoms with van der Waals surface area (Å²) in [5.41, 5.74) is 0.755. The van der Waals surface area contributed by atoms with Gasteiger partial charge in [0.15, 0.2) is 6.10 Å². The third-order valence-corrected chi connectivity index (χ3v) is 3.44. The Kier molecular flexibility index (Phi) is 5.03. The van der Waals surface area contributed by atoms with Gasteiger partial charge >= 0.3 is 0 Å². The van der Waals surface area contributed by atoms with Crippen LogP contribution in [0.3, 0.4) is 0 Å². The Morgan fingerprint density at radius 1 is 1.20 bits per heavy atom. The molecule has 128 valence electrons. The lowest BCUT2D eigenvalue weighted by Crippen LogP contribution is -2.32. The first-order chi connectivity index (χ1) is 12.2. The molecule has 3 aromatic rings. The van der Waals surface area contributed by atoms with Gasteiger partial charge in [-0.1, -0.05) is 25.1 Å². The van der Waals surface area contributed by atoms with Gasteiger partial charge in [0.05, 0.1) is 0 Å². The molecule has 7 heteroatoms. The minimum Gasteiger partial charge on any atom is -0.481 e. The fourth-order valence-electron chi connectivity index (χ4n) is 2.16. The van der Waals surface area contributed by atoms with Gasteiger partial charge in [-0.05, 0) is 48.0 Å². The molecule has 1 amide bonds. The maximum absolute atomic E-state index is 12.9. The molecule has 0 radical (unpaired) electrons. The maximum Gasteiger partial charge on any atom is 0.270 e. The number of hydrogen-bond acceptors (Lipinski definition) is 5. The molecular weight excluding hydrogens is 325 g/mol. The van der Waals surface area contributed by atoms with Crippen LogP contribution in [0.2, 0.25) is 0 Å². The average Bonchev–Trinajstić information content (AvgIpc) is 3.10. The molecule has 0 fully saturated rings. The van der Waals surface area contributed by atoms with Crippen LogP contribution < -0.4 is 10.1 Å². The Morgan fingerprint density at radius 3 is 2.60 bits per heavy atom. The molecule has 0 bridgehead atoms. The average molecular weight is 341 g/mol. The van der Waals surface area contributed by atoms with Crippen molar-refractivity contribution in [3.63, 3.8) is 0 Å². The van der Waals surface area contributed by atoms with Gasteiger partial charge in [-0.2, -0.15) is 4.98 Å². The van der Waals surface area contributed by atoms with E-state index >= 15 is 0 Å². The van der Waals surface area contributed by atoms with Crippen LogP contribution in [0.25, 0.3) is 11.5 Å². The number of nitrogens with one attached hydrogen (secondary N) is 1. The number of aromatic nitrogens is 2. The van der Waals surface area contributed by atoms with E-state index in [0.717, 1.165) is 5.56 Å². The zero-order valence-electron chi connectivity index (χ0n) is 13.5. The van der Waals surface area contributed by atoms with Gasteiger partial charge in [0.1, 0.15) is 11.6 Å². The van der Waals surface area contributed by atoms with Gasteiger partial charge in [-0.3, -0.25) is 10.1 Å². The number of halogens is 1. The summed E-state index contributed by atoms with van der Waals surface area (Å²) in [7, 11) is 0. The normalized spacial score (nSPS) is 11.8. The van der Waals surface area contributed by atoms with E-state index in [-0.39, 0.29) is 11.8 Å². The second-order valence-electron chi connectivity index (χ2n) is 5.25. The summed E-state index contributed by atoms with van der Waals surface area (Å²) >= 11 is 0. The second-order valence-corrected chi connectivity index (χ2v) is 5.25. The largest absolute Gasteiger partial charge is 0.481 e. The molecule has 0 aliphatic rings. The lowest BCUT2D eigenvalue weighted by molar-refractivity contribution is -0.122. The van der Waals surface area contributed by atoms with Crippen molar-refractivity contribution >= 4 is 11.9 Å². The van der Waals surface area contributed by atoms with Crippen molar-refractivity contribution < 1.29 is 18.4 Å². The van der Waals surface area contributed by atoms with Gasteiger partial charge in [-0.25, -0.2) is 4.39 Å². The molecule has 6 nitrogen and oxygen atoms in total. The van der Waals surface area contributed by atoms with Crippen molar-refractivity contribution in [1.82, 2.24) is 10.1 Å². The van der Waals surface area contributed by atoms with Crippen LogP contribution in [0.5, 0.6) is 5.75 Å². The van der Waals surface area contributed by atoms with Crippen LogP contribution in [0.1, 0.15) is 13.3 Å². The summed E-state index contributed by atoms with van der Waals surface area (Å²) < 4.78 is 23.6. The van der Waals surface area contributed by atoms with Crippen molar-refractivity contribution in [3.05, 3.63) is 60.4 Å². The molecule has 2 aromatic carbocycles. The number of rotatable bonds is 6. The fourth-order valence-corrected chi connectivity index (χ4v) is 2.16. The zero-order valence-corrected chi connectivity index (χ0v) is 13.5. The summed E-state index contributed by atoms with van der Waals surface area (Å²) in [5, 5.41) is 6.31. The number of carbonyl (C=O) groups is 1. The quantitative estimate of drug-likeness (QED) is 0.740. The molecule has 1 unspecified atom stereocenters. The maximum atomic E-state index is 12.9. The second kappa shape index (κ2) is 7.57. The minimum atomic E-state index is -0.760. The van der Waals surface area contributed by atoms with E-state index in [0.29, 0.717) is 18.1 Å². The Bertz CT molecular complexity index is 834. The topological polar surface area (TPSA) is 77.2 Å². The van der Waals surface area contributed by atoms with Crippen LogP contribution in [0.15, 0.2) is 59.1 Å². The Labute approximate surface area is 143 Å². The Morgan fingerprint density at radius 2 is 1.92 bits per heavy atom. The minimum absolute atomic E-state index is 0.0602. The van der Waals surface area contributed by atoms with Crippen molar-refractivity contribution in [3.8, 4) is 17.2 Å². The van der Waals surface area contributed by atoms with Gasteiger partial charge in [0, 0.05) is 5.56 Å². The monoisotopic (exact) mass is 341 g/mol. The molecule has 0 saturated carbocycles. The molecule has 0 spiro atoms. The molecule has 1 atom stereocenters. The van der Waals surface area contributed by atoms with E-state index in [4.69, 9.17) is 9.26 Å². The molecule has 1 aromatic heterocycles. The van der Waals surface area contributed by atoms with Crippen LogP contribution in [-0.2, 0) is 4.79 Å². The van der Waals surface area contributed by atoms with Crippen LogP contribution >= 0.6 is 0 Å². The highest BCUT2D eigenvalue weighted by atomic mass is 19.1. The van der Waals surface area contributed by atoms with Gasteiger partial charge < -0.3 is 9.26 Å². The predicted octanol–water partition coefficient (Wildman–Crippen LogP) is 3.67. The van der Waals surface area contributed by atoms with E-state index in [1.165, 1.54) is 24.3 Å². The smallest absolute Gasteiger partial charge is 0.270 e. The summed E-state index contributed by atoms with van der Waals surface area (Å²) in [6, 6.07) is 14.7. The summed E-state index contributed by atoms with van der Waals surface area (Å²) in [6.07, 6.45) is -0.337. The van der Waals surface area contributed by atoms with Gasteiger partial charge in [-0.15, -0.1) is 0 Å². The van der Waals surface area contributed by atoms with Crippen molar-refractivity contribution in [2.75, 3.05) is 5.32 Å². The number of hydrogen-bond donors (Lipinski definition) is 1. The van der Waals surface area contributed by atoms with Crippen molar-refractivity contribution in [2.24, 2.45) is 0 Å². The Hall–Kier alpha value is -3.22. The van der Waals surface area contributed by atoms with E-state index in [1.54, 1.807) is 6.92 Å². The first kappa shape index (κ1) is 16.6. The molecule has 0 aliphatic carbocycles. The van der Waals surface area contributed by atoms with Crippen molar-refractivity contribution in [1.29, 1.82) is 0 Å². The summed E-state index contributed by atoms with van der Waals surface area (Å²) in [5.74, 6) is -0.00720. The number of amides is 1. The molecule has 1 heterocycles. The molecule has 0 saturated heterocycles. The van der Waals surface area contributed by atoms with Crippen LogP contribution in [0.4, 0.5) is 10.3 Å². The SMILES string of the molecule is CCC(Oc1ccc(F)cc1)C(=O)Nc1noc(-c2ccccc2)n1. The van der Waals surface area contributed by atoms with E-state index in [2.05, 4.69) is 15.5 Å². The third-order valence-electron chi connectivity index (χ3n) is 3.44. The molecule has 3 rings (SSSR count). The molecular formula is C18H16FN3O3. The number of nitrogens with zero attached hydrogens (tertiary/aromatic N) is 2. The number of ether oxygens (including phenoxy) is 1.